The summed E-state index contributed by atoms with van der Waals surface area (Å²) in [5.41, 5.74) is 0. The molecular formula is C10H20N2O2S. The van der Waals surface area contributed by atoms with E-state index in [2.05, 4.69) is 29.9 Å². The van der Waals surface area contributed by atoms with E-state index in [1.165, 1.54) is 0 Å². The minimum atomic E-state index is 0.268. The van der Waals surface area contributed by atoms with Crippen LogP contribution in [0.3, 0.4) is 0 Å². The third-order valence-corrected chi connectivity index (χ3v) is 2.73. The Hall–Kier alpha value is -0.100. The van der Waals surface area contributed by atoms with Gasteiger partial charge in [-0.2, -0.15) is 12.6 Å². The lowest BCUT2D eigenvalue weighted by Crippen LogP contribution is -2.49. The van der Waals surface area contributed by atoms with Crippen LogP contribution in [-0.4, -0.2) is 56.0 Å². The first-order chi connectivity index (χ1) is 7.22. The van der Waals surface area contributed by atoms with Crippen molar-refractivity contribution in [2.24, 2.45) is 0 Å². The first-order valence-corrected chi connectivity index (χ1v) is 5.98. The molecule has 1 heterocycles. The van der Waals surface area contributed by atoms with Gasteiger partial charge in [-0.15, -0.1) is 0 Å². The Morgan fingerprint density at radius 2 is 2.47 bits per heavy atom. The fourth-order valence-corrected chi connectivity index (χ4v) is 1.88. The summed E-state index contributed by atoms with van der Waals surface area (Å²) in [6, 6.07) is 0.312. The molecule has 5 heteroatoms. The lowest BCUT2D eigenvalue weighted by Gasteiger charge is -2.30. The fourth-order valence-electron chi connectivity index (χ4n) is 1.76. The smallest absolute Gasteiger partial charge is 0.136 e. The normalized spacial score (nSPS) is 22.9. The summed E-state index contributed by atoms with van der Waals surface area (Å²) in [6.45, 7) is 3.49. The van der Waals surface area contributed by atoms with Crippen molar-refractivity contribution in [3.8, 4) is 0 Å². The van der Waals surface area contributed by atoms with Crippen molar-refractivity contribution in [2.45, 2.75) is 18.9 Å². The van der Waals surface area contributed by atoms with Crippen LogP contribution in [-0.2, 0) is 9.53 Å². The largest absolute Gasteiger partial charge is 0.371 e. The Morgan fingerprint density at radius 1 is 1.67 bits per heavy atom. The van der Waals surface area contributed by atoms with Crippen molar-refractivity contribution in [1.29, 1.82) is 0 Å². The maximum Gasteiger partial charge on any atom is 0.136 e. The highest BCUT2D eigenvalue weighted by Gasteiger charge is 2.18. The van der Waals surface area contributed by atoms with Crippen molar-refractivity contribution < 1.29 is 9.53 Å². The summed E-state index contributed by atoms with van der Waals surface area (Å²) in [6.07, 6.45) is 1.11. The average molecular weight is 232 g/mol. The van der Waals surface area contributed by atoms with E-state index in [9.17, 15) is 4.79 Å². The van der Waals surface area contributed by atoms with E-state index >= 15 is 0 Å². The SMILES string of the molecule is CN1CCNC(CC(=O)CCOCS)C1. The number of hydrogen-bond acceptors (Lipinski definition) is 5. The molecule has 0 spiro atoms. The summed E-state index contributed by atoms with van der Waals surface area (Å²) < 4.78 is 5.03. The number of hydrogen-bond donors (Lipinski definition) is 2. The minimum Gasteiger partial charge on any atom is -0.371 e. The van der Waals surface area contributed by atoms with Gasteiger partial charge in [-0.25, -0.2) is 0 Å². The molecule has 1 saturated heterocycles. The number of nitrogens with one attached hydrogen (secondary N) is 1. The van der Waals surface area contributed by atoms with Crippen LogP contribution in [0.2, 0.25) is 0 Å². The molecule has 0 amide bonds. The molecule has 88 valence electrons. The second kappa shape index (κ2) is 7.22. The van der Waals surface area contributed by atoms with Crippen LogP contribution in [0, 0.1) is 0 Å². The molecule has 0 aliphatic carbocycles. The number of piperazine rings is 1. The highest BCUT2D eigenvalue weighted by Crippen LogP contribution is 2.03. The van der Waals surface area contributed by atoms with Gasteiger partial charge in [-0.05, 0) is 7.05 Å². The lowest BCUT2D eigenvalue weighted by molar-refractivity contribution is -0.120. The van der Waals surface area contributed by atoms with Crippen molar-refractivity contribution in [3.05, 3.63) is 0 Å². The molecule has 0 saturated carbocycles. The number of likely N-dealkylation sites (N-methyl/N-ethyl adjacent to an activating group) is 1. The molecule has 1 N–H and O–H groups in total. The number of thiol groups is 1. The monoisotopic (exact) mass is 232 g/mol. The van der Waals surface area contributed by atoms with Gasteiger partial charge in [0.1, 0.15) is 5.78 Å². The predicted octanol–water partition coefficient (Wildman–Crippen LogP) is 0.143. The second-order valence-corrected chi connectivity index (χ2v) is 4.20. The first kappa shape index (κ1) is 13.0. The molecule has 1 aliphatic rings. The molecule has 0 aromatic heterocycles. The van der Waals surface area contributed by atoms with Crippen LogP contribution >= 0.6 is 12.6 Å². The lowest BCUT2D eigenvalue weighted by atomic mass is 10.1. The van der Waals surface area contributed by atoms with Crippen LogP contribution < -0.4 is 5.32 Å². The summed E-state index contributed by atoms with van der Waals surface area (Å²) in [5.74, 6) is 0.655. The minimum absolute atomic E-state index is 0.268. The molecular weight excluding hydrogens is 212 g/mol. The van der Waals surface area contributed by atoms with Crippen LogP contribution in [0.5, 0.6) is 0 Å². The highest BCUT2D eigenvalue weighted by atomic mass is 32.1. The molecule has 0 radical (unpaired) electrons. The van der Waals surface area contributed by atoms with Gasteiger partial charge >= 0.3 is 0 Å². The molecule has 4 nitrogen and oxygen atoms in total. The molecule has 1 aliphatic heterocycles. The van der Waals surface area contributed by atoms with Crippen molar-refractivity contribution in [2.75, 3.05) is 39.2 Å². The van der Waals surface area contributed by atoms with E-state index in [1.807, 2.05) is 0 Å². The standard InChI is InChI=1S/C10H20N2O2S/c1-12-4-3-11-9(7-12)6-10(13)2-5-14-8-15/h9,11,15H,2-8H2,1H3. The molecule has 0 aromatic carbocycles. The zero-order chi connectivity index (χ0) is 11.1. The molecule has 1 atom stereocenters. The fraction of sp³-hybridized carbons (Fsp3) is 0.900. The van der Waals surface area contributed by atoms with Crippen molar-refractivity contribution in [1.82, 2.24) is 10.2 Å². The van der Waals surface area contributed by atoms with Crippen molar-refractivity contribution in [3.63, 3.8) is 0 Å². The number of Topliss-reactive ketones (excluding diaryl/α,β-unsaturated/α-hetero) is 1. The van der Waals surface area contributed by atoms with Gasteiger partial charge in [0.2, 0.25) is 0 Å². The van der Waals surface area contributed by atoms with E-state index in [0.29, 0.717) is 31.4 Å². The Balaban J connectivity index is 2.13. The van der Waals surface area contributed by atoms with Crippen LogP contribution in [0.4, 0.5) is 0 Å². The summed E-state index contributed by atoms with van der Waals surface area (Å²) >= 11 is 3.91. The quantitative estimate of drug-likeness (QED) is 0.388. The van der Waals surface area contributed by atoms with Gasteiger partial charge < -0.3 is 15.0 Å². The van der Waals surface area contributed by atoms with Gasteiger partial charge in [0.05, 0.1) is 12.5 Å². The summed E-state index contributed by atoms with van der Waals surface area (Å²) in [5, 5.41) is 3.35. The highest BCUT2D eigenvalue weighted by molar-refractivity contribution is 7.80. The Morgan fingerprint density at radius 3 is 3.13 bits per heavy atom. The number of ether oxygens (including phenoxy) is 1. The average Bonchev–Trinajstić information content (AvgIpc) is 2.18. The maximum absolute atomic E-state index is 11.5. The zero-order valence-corrected chi connectivity index (χ0v) is 10.1. The molecule has 1 fully saturated rings. The predicted molar refractivity (Wildman–Crippen MR) is 63.3 cm³/mol. The van der Waals surface area contributed by atoms with E-state index in [0.717, 1.165) is 19.6 Å². The number of rotatable bonds is 6. The first-order valence-electron chi connectivity index (χ1n) is 5.34. The maximum atomic E-state index is 11.5. The van der Waals surface area contributed by atoms with E-state index in [4.69, 9.17) is 4.74 Å². The Bertz CT molecular complexity index is 202. The summed E-state index contributed by atoms with van der Waals surface area (Å²) in [4.78, 5) is 13.8. The van der Waals surface area contributed by atoms with Crippen LogP contribution in [0.1, 0.15) is 12.8 Å². The molecule has 0 bridgehead atoms. The molecule has 0 aromatic rings. The number of nitrogens with zero attached hydrogens (tertiary/aromatic N) is 1. The zero-order valence-electron chi connectivity index (χ0n) is 9.24. The topological polar surface area (TPSA) is 41.6 Å². The molecule has 1 rings (SSSR count). The second-order valence-electron chi connectivity index (χ2n) is 3.94. The Kier molecular flexibility index (Phi) is 6.24. The van der Waals surface area contributed by atoms with Crippen LogP contribution in [0.15, 0.2) is 0 Å². The molecule has 15 heavy (non-hydrogen) atoms. The van der Waals surface area contributed by atoms with Gasteiger partial charge in [0.25, 0.3) is 0 Å². The third-order valence-electron chi connectivity index (χ3n) is 2.55. The number of ketones is 1. The van der Waals surface area contributed by atoms with E-state index in [-0.39, 0.29) is 5.78 Å². The Labute approximate surface area is 96.8 Å². The van der Waals surface area contributed by atoms with Gasteiger partial charge in [0.15, 0.2) is 0 Å². The van der Waals surface area contributed by atoms with Crippen LogP contribution in [0.25, 0.3) is 0 Å². The van der Waals surface area contributed by atoms with E-state index < -0.39 is 0 Å². The molecule has 1 unspecified atom stereocenters. The summed E-state index contributed by atoms with van der Waals surface area (Å²) in [7, 11) is 2.09. The van der Waals surface area contributed by atoms with Gasteiger partial charge in [-0.3, -0.25) is 4.79 Å². The van der Waals surface area contributed by atoms with E-state index in [1.54, 1.807) is 0 Å². The van der Waals surface area contributed by atoms with Gasteiger partial charge in [0, 0.05) is 38.5 Å². The number of carbonyl (C=O) groups is 1. The van der Waals surface area contributed by atoms with Crippen molar-refractivity contribution >= 4 is 18.4 Å². The van der Waals surface area contributed by atoms with Gasteiger partial charge in [-0.1, -0.05) is 0 Å². The third kappa shape index (κ3) is 5.51. The number of carbonyl (C=O) groups excluding carboxylic acids is 1.